The van der Waals surface area contributed by atoms with Crippen LogP contribution in [-0.4, -0.2) is 24.2 Å². The summed E-state index contributed by atoms with van der Waals surface area (Å²) in [7, 11) is -4.52. The Bertz CT molecular complexity index is 920. The molecule has 2 aromatic rings. The largest absolute Gasteiger partial charge is 0.446 e. The second kappa shape index (κ2) is 5.18. The first kappa shape index (κ1) is 15.9. The predicted molar refractivity (Wildman–Crippen MR) is 90.5 cm³/mol. The second-order valence-electron chi connectivity index (χ2n) is 7.18. The Kier molecular flexibility index (Phi) is 3.43. The van der Waals surface area contributed by atoms with Gasteiger partial charge >= 0.3 is 10.4 Å². The van der Waals surface area contributed by atoms with Crippen LogP contribution in [0.1, 0.15) is 43.2 Å². The van der Waals surface area contributed by atoms with Crippen LogP contribution in [0.15, 0.2) is 30.3 Å². The number of aliphatic hydroxyl groups excluding tert-OH is 1. The highest BCUT2D eigenvalue weighted by Crippen LogP contribution is 2.56. The van der Waals surface area contributed by atoms with Crippen LogP contribution >= 0.6 is 0 Å². The first-order chi connectivity index (χ1) is 11.3. The Hall–Kier alpha value is -1.63. The highest BCUT2D eigenvalue weighted by molar-refractivity contribution is 7.81. The minimum Gasteiger partial charge on any atom is -0.393 e. The molecule has 5 nitrogen and oxygen atoms in total. The molecule has 128 valence electrons. The Balaban J connectivity index is 1.81. The lowest BCUT2D eigenvalue weighted by Gasteiger charge is -2.40. The van der Waals surface area contributed by atoms with Crippen LogP contribution < -0.4 is 4.18 Å². The molecule has 1 fully saturated rings. The van der Waals surface area contributed by atoms with Crippen molar-refractivity contribution in [3.63, 3.8) is 0 Å². The van der Waals surface area contributed by atoms with Gasteiger partial charge in [0.15, 0.2) is 0 Å². The van der Waals surface area contributed by atoms with Crippen molar-refractivity contribution < 1.29 is 22.3 Å². The standard InChI is InChI=1S/C18H20O5S/c1-18-9-8-14-13-5-3-12(23-24(20,21)22)10-11(13)2-4-15(14)16(18)6-7-17(18)19/h2-5,10,16-17,19H,6-9H2,1H3,(H,20,21,22)/t16-,17-,18-/m1/s1. The number of aliphatic hydroxyl groups is 1. The number of hydrogen-bond donors (Lipinski definition) is 2. The summed E-state index contributed by atoms with van der Waals surface area (Å²) in [6.45, 7) is 2.19. The van der Waals surface area contributed by atoms with Crippen molar-refractivity contribution in [1.82, 2.24) is 0 Å². The number of aryl methyl sites for hydroxylation is 1. The maximum absolute atomic E-state index is 10.9. The van der Waals surface area contributed by atoms with Crippen molar-refractivity contribution in [2.24, 2.45) is 5.41 Å². The van der Waals surface area contributed by atoms with Crippen LogP contribution in [0, 0.1) is 5.41 Å². The average Bonchev–Trinajstić information content (AvgIpc) is 2.81. The predicted octanol–water partition coefficient (Wildman–Crippen LogP) is 3.21. The zero-order valence-electron chi connectivity index (χ0n) is 13.4. The summed E-state index contributed by atoms with van der Waals surface area (Å²) >= 11 is 0. The van der Waals surface area contributed by atoms with E-state index in [2.05, 4.69) is 17.2 Å². The SMILES string of the molecule is C[C@@]12CCc3c(ccc4cc(OS(=O)(=O)O)ccc34)[C@H]1CC[C@H]2O. The van der Waals surface area contributed by atoms with Gasteiger partial charge in [-0.2, -0.15) is 8.42 Å². The molecular formula is C18H20O5S. The summed E-state index contributed by atoms with van der Waals surface area (Å²) in [5.41, 5.74) is 2.54. The third-order valence-electron chi connectivity index (χ3n) is 5.92. The summed E-state index contributed by atoms with van der Waals surface area (Å²) in [4.78, 5) is 0. The van der Waals surface area contributed by atoms with Crippen LogP contribution in [0.3, 0.4) is 0 Å². The van der Waals surface area contributed by atoms with E-state index in [-0.39, 0.29) is 17.3 Å². The first-order valence-corrected chi connectivity index (χ1v) is 9.55. The summed E-state index contributed by atoms with van der Waals surface area (Å²) in [5, 5.41) is 12.3. The van der Waals surface area contributed by atoms with Crippen molar-refractivity contribution in [2.45, 2.75) is 44.6 Å². The lowest BCUT2D eigenvalue weighted by molar-refractivity contribution is 0.0459. The van der Waals surface area contributed by atoms with E-state index < -0.39 is 10.4 Å². The van der Waals surface area contributed by atoms with Crippen LogP contribution in [0.25, 0.3) is 10.8 Å². The zero-order valence-corrected chi connectivity index (χ0v) is 14.2. The van der Waals surface area contributed by atoms with Crippen LogP contribution in [-0.2, 0) is 16.8 Å². The maximum Gasteiger partial charge on any atom is 0.446 e. The van der Waals surface area contributed by atoms with E-state index in [1.807, 2.05) is 12.1 Å². The van der Waals surface area contributed by atoms with Gasteiger partial charge in [0, 0.05) is 5.41 Å². The molecule has 0 unspecified atom stereocenters. The molecule has 1 saturated carbocycles. The Morgan fingerprint density at radius 3 is 2.75 bits per heavy atom. The number of fused-ring (bicyclic) bond motifs is 5. The molecule has 0 aromatic heterocycles. The van der Waals surface area contributed by atoms with E-state index in [0.29, 0.717) is 5.92 Å². The molecule has 2 aromatic carbocycles. The highest BCUT2D eigenvalue weighted by atomic mass is 32.3. The molecule has 0 heterocycles. The molecule has 3 atom stereocenters. The minimum atomic E-state index is -4.52. The molecule has 0 aliphatic heterocycles. The van der Waals surface area contributed by atoms with Gasteiger partial charge in [-0.3, -0.25) is 4.55 Å². The maximum atomic E-state index is 10.9. The fraction of sp³-hybridized carbons (Fsp3) is 0.444. The Morgan fingerprint density at radius 1 is 1.21 bits per heavy atom. The molecule has 0 saturated heterocycles. The molecular weight excluding hydrogens is 328 g/mol. The van der Waals surface area contributed by atoms with Gasteiger partial charge < -0.3 is 9.29 Å². The third kappa shape index (κ3) is 2.41. The Labute approximate surface area is 141 Å². The van der Waals surface area contributed by atoms with Crippen molar-refractivity contribution in [3.05, 3.63) is 41.5 Å². The van der Waals surface area contributed by atoms with E-state index in [9.17, 15) is 13.5 Å². The smallest absolute Gasteiger partial charge is 0.393 e. The van der Waals surface area contributed by atoms with E-state index >= 15 is 0 Å². The topological polar surface area (TPSA) is 83.8 Å². The van der Waals surface area contributed by atoms with Gasteiger partial charge in [-0.15, -0.1) is 0 Å². The summed E-state index contributed by atoms with van der Waals surface area (Å²) in [6, 6.07) is 9.09. The van der Waals surface area contributed by atoms with Gasteiger partial charge in [0.25, 0.3) is 0 Å². The van der Waals surface area contributed by atoms with E-state index in [1.165, 1.54) is 11.1 Å². The van der Waals surface area contributed by atoms with Crippen LogP contribution in [0.2, 0.25) is 0 Å². The zero-order chi connectivity index (χ0) is 17.1. The molecule has 2 aliphatic carbocycles. The van der Waals surface area contributed by atoms with Crippen molar-refractivity contribution in [2.75, 3.05) is 0 Å². The molecule has 0 amide bonds. The first-order valence-electron chi connectivity index (χ1n) is 8.18. The van der Waals surface area contributed by atoms with E-state index in [4.69, 9.17) is 4.55 Å². The number of rotatable bonds is 2. The lowest BCUT2D eigenvalue weighted by Crippen LogP contribution is -2.35. The Morgan fingerprint density at radius 2 is 2.00 bits per heavy atom. The number of benzene rings is 2. The van der Waals surface area contributed by atoms with Crippen LogP contribution in [0.4, 0.5) is 0 Å². The van der Waals surface area contributed by atoms with Gasteiger partial charge in [-0.05, 0) is 65.6 Å². The average molecular weight is 348 g/mol. The van der Waals surface area contributed by atoms with Crippen molar-refractivity contribution in [3.8, 4) is 5.75 Å². The summed E-state index contributed by atoms with van der Waals surface area (Å²) < 4.78 is 35.1. The van der Waals surface area contributed by atoms with Crippen molar-refractivity contribution >= 4 is 21.2 Å². The summed E-state index contributed by atoms with van der Waals surface area (Å²) in [6.07, 6.45) is 3.46. The van der Waals surface area contributed by atoms with E-state index in [0.717, 1.165) is 36.5 Å². The molecule has 2 aliphatic rings. The minimum absolute atomic E-state index is 0.0469. The van der Waals surface area contributed by atoms with Crippen LogP contribution in [0.5, 0.6) is 5.75 Å². The molecule has 2 N–H and O–H groups in total. The lowest BCUT2D eigenvalue weighted by atomic mass is 9.65. The quantitative estimate of drug-likeness (QED) is 0.814. The molecule has 6 heteroatoms. The van der Waals surface area contributed by atoms with Gasteiger partial charge in [-0.25, -0.2) is 0 Å². The molecule has 0 bridgehead atoms. The normalized spacial score (nSPS) is 29.3. The van der Waals surface area contributed by atoms with Gasteiger partial charge in [0.05, 0.1) is 6.10 Å². The highest BCUT2D eigenvalue weighted by Gasteiger charge is 2.49. The van der Waals surface area contributed by atoms with E-state index in [1.54, 1.807) is 12.1 Å². The molecule has 4 rings (SSSR count). The van der Waals surface area contributed by atoms with Gasteiger partial charge in [-0.1, -0.05) is 25.1 Å². The molecule has 24 heavy (non-hydrogen) atoms. The van der Waals surface area contributed by atoms with Gasteiger partial charge in [0.1, 0.15) is 5.75 Å². The summed E-state index contributed by atoms with van der Waals surface area (Å²) in [5.74, 6) is 0.469. The fourth-order valence-electron chi connectivity index (χ4n) is 4.63. The monoisotopic (exact) mass is 348 g/mol. The van der Waals surface area contributed by atoms with Gasteiger partial charge in [0.2, 0.25) is 0 Å². The number of hydrogen-bond acceptors (Lipinski definition) is 4. The third-order valence-corrected chi connectivity index (χ3v) is 6.32. The molecule has 0 spiro atoms. The van der Waals surface area contributed by atoms with Crippen molar-refractivity contribution in [1.29, 1.82) is 0 Å². The fourth-order valence-corrected chi connectivity index (χ4v) is 4.98. The molecule has 0 radical (unpaired) electrons. The second-order valence-corrected chi connectivity index (χ2v) is 8.20.